The minimum Gasteiger partial charge on any atom is -0.492 e. The van der Waals surface area contributed by atoms with E-state index in [9.17, 15) is 14.0 Å². The topological polar surface area (TPSA) is 102 Å². The number of hydrogen-bond acceptors (Lipinski definition) is 8. The van der Waals surface area contributed by atoms with E-state index >= 15 is 0 Å². The van der Waals surface area contributed by atoms with E-state index in [2.05, 4.69) is 28.8 Å². The zero-order valence-electron chi connectivity index (χ0n) is 24.4. The van der Waals surface area contributed by atoms with Crippen molar-refractivity contribution in [3.05, 3.63) is 84.6 Å². The monoisotopic (exact) mass is 612 g/mol. The van der Waals surface area contributed by atoms with E-state index in [4.69, 9.17) is 26.4 Å². The third kappa shape index (κ3) is 9.12. The van der Waals surface area contributed by atoms with Gasteiger partial charge in [-0.05, 0) is 51.8 Å². The molecule has 2 amide bonds. The van der Waals surface area contributed by atoms with Gasteiger partial charge in [-0.2, -0.15) is 0 Å². The fourth-order valence-electron chi connectivity index (χ4n) is 4.30. The van der Waals surface area contributed by atoms with Crippen LogP contribution >= 0.6 is 12.2 Å². The number of ether oxygens (including phenoxy) is 3. The number of pyridine rings is 1. The van der Waals surface area contributed by atoms with E-state index in [1.54, 1.807) is 51.4 Å². The molecule has 43 heavy (non-hydrogen) atoms. The predicted molar refractivity (Wildman–Crippen MR) is 171 cm³/mol. The fraction of sp³-hybridized carbons (Fsp3) is 0.375. The molecule has 0 spiro atoms. The number of carbonyl (C=O) groups is 2. The molecule has 2 heterocycles. The first-order chi connectivity index (χ1) is 20.0. The Balaban J connectivity index is 0.00000645. The molecule has 1 aliphatic heterocycles. The number of anilines is 1. The number of allylic oxidation sites excluding steroid dienone is 1. The van der Waals surface area contributed by atoms with E-state index in [0.717, 1.165) is 10.5 Å². The van der Waals surface area contributed by atoms with Gasteiger partial charge in [-0.3, -0.25) is 9.78 Å². The van der Waals surface area contributed by atoms with Gasteiger partial charge in [-0.25, -0.2) is 14.1 Å². The Bertz CT molecular complexity index is 1370. The Labute approximate surface area is 258 Å². The van der Waals surface area contributed by atoms with Gasteiger partial charge in [-0.1, -0.05) is 37.9 Å². The zero-order valence-corrected chi connectivity index (χ0v) is 25.2. The first-order valence-corrected chi connectivity index (χ1v) is 13.9. The van der Waals surface area contributed by atoms with Gasteiger partial charge in [-0.15, -0.1) is 13.2 Å². The molecule has 0 bridgehead atoms. The minimum absolute atomic E-state index is 0. The number of benzene rings is 1. The van der Waals surface area contributed by atoms with Gasteiger partial charge in [0, 0.05) is 36.5 Å². The van der Waals surface area contributed by atoms with Gasteiger partial charge in [0.15, 0.2) is 11.6 Å². The third-order valence-corrected chi connectivity index (χ3v) is 6.48. The molecule has 2 N–H and O–H groups in total. The van der Waals surface area contributed by atoms with Crippen molar-refractivity contribution >= 4 is 34.9 Å². The third-order valence-electron chi connectivity index (χ3n) is 6.17. The molecule has 1 aromatic carbocycles. The van der Waals surface area contributed by atoms with E-state index in [1.807, 2.05) is 6.07 Å². The van der Waals surface area contributed by atoms with E-state index < -0.39 is 23.4 Å². The molecule has 0 radical (unpaired) electrons. The second kappa shape index (κ2) is 15.8. The number of methoxy groups -OCH3 is 1. The van der Waals surface area contributed by atoms with Crippen molar-refractivity contribution in [3.63, 3.8) is 0 Å². The minimum atomic E-state index is -0.829. The number of nitrogens with zero attached hydrogens (tertiary/aromatic N) is 2. The van der Waals surface area contributed by atoms with Crippen LogP contribution in [0.2, 0.25) is 0 Å². The highest BCUT2D eigenvalue weighted by Crippen LogP contribution is 2.32. The van der Waals surface area contributed by atoms with Crippen LogP contribution in [0.25, 0.3) is 0 Å². The van der Waals surface area contributed by atoms with Crippen LogP contribution in [0.3, 0.4) is 0 Å². The number of nitrogens with one attached hydrogen (secondary N) is 2. The average molecular weight is 613 g/mol. The van der Waals surface area contributed by atoms with Crippen molar-refractivity contribution in [2.45, 2.75) is 53.2 Å². The van der Waals surface area contributed by atoms with Gasteiger partial charge in [0.1, 0.15) is 16.3 Å². The molecule has 1 aliphatic rings. The standard InChI is InChI=1S/C31H37FN4O5S.CH4/c1-7-9-16-40-24-18-33-15-14-20(24)17-34-26-21(11-8-2)19-36(30(38)41-31(3,4)5)29(37)25(26)28(42)35-23-13-10-12-22(32)27(23)39-6;/h7-8,10,12-15,18,21,34H,1-2,9,11,16-17,19H2,3-6H3,(H,35,42);1H4. The van der Waals surface area contributed by atoms with Crippen molar-refractivity contribution in [1.29, 1.82) is 0 Å². The number of para-hydroxylation sites is 1. The second-order valence-electron chi connectivity index (χ2n) is 10.4. The molecule has 1 unspecified atom stereocenters. The van der Waals surface area contributed by atoms with Crippen LogP contribution < -0.4 is 20.1 Å². The van der Waals surface area contributed by atoms with Crippen molar-refractivity contribution in [2.24, 2.45) is 5.92 Å². The highest BCUT2D eigenvalue weighted by Gasteiger charge is 2.40. The van der Waals surface area contributed by atoms with Crippen LogP contribution in [0.4, 0.5) is 14.9 Å². The Morgan fingerprint density at radius 3 is 2.65 bits per heavy atom. The van der Waals surface area contributed by atoms with E-state index in [0.29, 0.717) is 30.9 Å². The lowest BCUT2D eigenvalue weighted by Gasteiger charge is -2.36. The van der Waals surface area contributed by atoms with Crippen molar-refractivity contribution < 1.29 is 28.2 Å². The molecule has 0 saturated heterocycles. The quantitative estimate of drug-likeness (QED) is 0.156. The number of carbonyl (C=O) groups excluding carboxylic acids is 2. The lowest BCUT2D eigenvalue weighted by Crippen LogP contribution is -2.51. The number of imide groups is 1. The van der Waals surface area contributed by atoms with Crippen LogP contribution in [-0.4, -0.2) is 52.7 Å². The van der Waals surface area contributed by atoms with Gasteiger partial charge in [0.25, 0.3) is 5.91 Å². The molecule has 9 nitrogen and oxygen atoms in total. The molecule has 0 saturated carbocycles. The summed E-state index contributed by atoms with van der Waals surface area (Å²) < 4.78 is 31.1. The summed E-state index contributed by atoms with van der Waals surface area (Å²) in [6, 6.07) is 6.12. The number of thiocarbonyl (C=S) groups is 1. The average Bonchev–Trinajstić information content (AvgIpc) is 2.92. The summed E-state index contributed by atoms with van der Waals surface area (Å²) in [5.41, 5.74) is 0.741. The molecule has 1 aromatic heterocycles. The van der Waals surface area contributed by atoms with Crippen molar-refractivity contribution in [1.82, 2.24) is 15.2 Å². The molecule has 11 heteroatoms. The van der Waals surface area contributed by atoms with Crippen molar-refractivity contribution in [2.75, 3.05) is 25.6 Å². The summed E-state index contributed by atoms with van der Waals surface area (Å²) in [4.78, 5) is 32.3. The SMILES string of the molecule is C.C=CCCOc1cnccc1CNC1=C(C(=S)Nc2cccc(F)c2OC)C(=O)N(C(=O)OC(C)(C)C)CC1CC=C. The first-order valence-electron chi connectivity index (χ1n) is 13.4. The van der Waals surface area contributed by atoms with Crippen LogP contribution in [-0.2, 0) is 16.1 Å². The summed E-state index contributed by atoms with van der Waals surface area (Å²) in [6.45, 7) is 13.5. The smallest absolute Gasteiger partial charge is 0.417 e. The molecule has 232 valence electrons. The summed E-state index contributed by atoms with van der Waals surface area (Å²) in [5.74, 6) is -1.13. The van der Waals surface area contributed by atoms with Crippen LogP contribution in [0, 0.1) is 11.7 Å². The second-order valence-corrected chi connectivity index (χ2v) is 10.9. The number of aromatic nitrogens is 1. The van der Waals surface area contributed by atoms with Crippen molar-refractivity contribution in [3.8, 4) is 11.5 Å². The van der Waals surface area contributed by atoms with Crippen LogP contribution in [0.1, 0.15) is 46.6 Å². The summed E-state index contributed by atoms with van der Waals surface area (Å²) in [5, 5.41) is 6.32. The van der Waals surface area contributed by atoms with Crippen LogP contribution in [0.15, 0.2) is 73.2 Å². The summed E-state index contributed by atoms with van der Waals surface area (Å²) >= 11 is 5.72. The maximum absolute atomic E-state index is 14.4. The Morgan fingerprint density at radius 1 is 1.26 bits per heavy atom. The molecule has 2 aromatic rings. The van der Waals surface area contributed by atoms with E-state index in [-0.39, 0.29) is 48.4 Å². The molecule has 0 fully saturated rings. The van der Waals surface area contributed by atoms with Crippen LogP contribution in [0.5, 0.6) is 11.5 Å². The lowest BCUT2D eigenvalue weighted by molar-refractivity contribution is -0.127. The Kier molecular flexibility index (Phi) is 12.9. The zero-order chi connectivity index (χ0) is 30.9. The maximum Gasteiger partial charge on any atom is 0.417 e. The molecule has 1 atom stereocenters. The Morgan fingerprint density at radius 2 is 2.00 bits per heavy atom. The highest BCUT2D eigenvalue weighted by atomic mass is 32.1. The molecule has 3 rings (SSSR count). The van der Waals surface area contributed by atoms with Gasteiger partial charge >= 0.3 is 6.09 Å². The molecular weight excluding hydrogens is 571 g/mol. The normalized spacial score (nSPS) is 14.8. The number of rotatable bonds is 12. The molecular formula is C32H41FN4O5S. The van der Waals surface area contributed by atoms with Gasteiger partial charge < -0.3 is 24.8 Å². The number of halogens is 1. The maximum atomic E-state index is 14.4. The summed E-state index contributed by atoms with van der Waals surface area (Å²) in [6.07, 6.45) is 7.02. The van der Waals surface area contributed by atoms with E-state index in [1.165, 1.54) is 19.2 Å². The first kappa shape index (κ1) is 34.9. The highest BCUT2D eigenvalue weighted by molar-refractivity contribution is 7.81. The van der Waals surface area contributed by atoms with Gasteiger partial charge in [0.05, 0.1) is 31.2 Å². The Hall–Kier alpha value is -4.25. The predicted octanol–water partition coefficient (Wildman–Crippen LogP) is 6.57. The number of amides is 2. The summed E-state index contributed by atoms with van der Waals surface area (Å²) in [7, 11) is 1.33. The fourth-order valence-corrected chi connectivity index (χ4v) is 4.60. The largest absolute Gasteiger partial charge is 0.492 e. The number of hydrogen-bond donors (Lipinski definition) is 2. The van der Waals surface area contributed by atoms with Gasteiger partial charge in [0.2, 0.25) is 0 Å². The molecule has 0 aliphatic carbocycles. The lowest BCUT2D eigenvalue weighted by atomic mass is 9.91.